The zero-order valence-electron chi connectivity index (χ0n) is 13.5. The fourth-order valence-electron chi connectivity index (χ4n) is 1.96. The number of aryl methyl sites for hydroxylation is 1. The van der Waals surface area contributed by atoms with Crippen molar-refractivity contribution >= 4 is 17.5 Å². The Balaban J connectivity index is 2.62. The first-order valence-electron chi connectivity index (χ1n) is 7.31. The molecule has 8 heteroatoms. The van der Waals surface area contributed by atoms with Crippen LogP contribution in [0.25, 0.3) is 0 Å². The quantitative estimate of drug-likeness (QED) is 0.573. The second kappa shape index (κ2) is 8.72. The van der Waals surface area contributed by atoms with Crippen LogP contribution < -0.4 is 10.1 Å². The fraction of sp³-hybridized carbons (Fsp3) is 0.467. The van der Waals surface area contributed by atoms with Gasteiger partial charge in [-0.15, -0.1) is 0 Å². The number of nitro benzene ring substituents is 1. The molecule has 0 fully saturated rings. The van der Waals surface area contributed by atoms with Crippen LogP contribution in [0.1, 0.15) is 19.4 Å². The van der Waals surface area contributed by atoms with Crippen LogP contribution in [0, 0.1) is 17.0 Å². The second-order valence-corrected chi connectivity index (χ2v) is 4.86. The lowest BCUT2D eigenvalue weighted by molar-refractivity contribution is -0.385. The number of rotatable bonds is 8. The summed E-state index contributed by atoms with van der Waals surface area (Å²) < 4.78 is 5.36. The Morgan fingerprint density at radius 3 is 2.57 bits per heavy atom. The van der Waals surface area contributed by atoms with Crippen LogP contribution in [-0.4, -0.2) is 47.9 Å². The minimum absolute atomic E-state index is 0.00454. The highest BCUT2D eigenvalue weighted by atomic mass is 16.6. The maximum atomic E-state index is 12.1. The molecule has 0 saturated carbocycles. The number of hydrogen-bond donors (Lipinski definition) is 1. The molecule has 0 spiro atoms. The Bertz CT molecular complexity index is 588. The van der Waals surface area contributed by atoms with Gasteiger partial charge in [0.05, 0.1) is 11.5 Å². The fourth-order valence-corrected chi connectivity index (χ4v) is 1.96. The van der Waals surface area contributed by atoms with Gasteiger partial charge in [-0.3, -0.25) is 19.7 Å². The molecule has 0 saturated heterocycles. The topological polar surface area (TPSA) is 102 Å². The molecule has 0 aliphatic heterocycles. The molecule has 0 bridgehead atoms. The van der Waals surface area contributed by atoms with Crippen molar-refractivity contribution in [2.45, 2.75) is 20.8 Å². The number of carbonyl (C=O) groups is 2. The van der Waals surface area contributed by atoms with Crippen LogP contribution in [0.3, 0.4) is 0 Å². The lowest BCUT2D eigenvalue weighted by Crippen LogP contribution is -2.42. The van der Waals surface area contributed by atoms with Gasteiger partial charge in [0.2, 0.25) is 5.91 Å². The van der Waals surface area contributed by atoms with E-state index in [0.717, 1.165) is 0 Å². The molecule has 1 N–H and O–H groups in total. The summed E-state index contributed by atoms with van der Waals surface area (Å²) in [6.07, 6.45) is 0. The van der Waals surface area contributed by atoms with E-state index >= 15 is 0 Å². The largest absolute Gasteiger partial charge is 0.484 e. The highest BCUT2D eigenvalue weighted by molar-refractivity contribution is 5.85. The van der Waals surface area contributed by atoms with Gasteiger partial charge in [0.1, 0.15) is 5.75 Å². The molecule has 126 valence electrons. The third kappa shape index (κ3) is 5.57. The number of benzene rings is 1. The predicted octanol–water partition coefficient (Wildman–Crippen LogP) is 1.27. The maximum absolute atomic E-state index is 12.1. The summed E-state index contributed by atoms with van der Waals surface area (Å²) in [5.41, 5.74) is 0.449. The highest BCUT2D eigenvalue weighted by Gasteiger charge is 2.16. The van der Waals surface area contributed by atoms with Gasteiger partial charge in [-0.25, -0.2) is 0 Å². The third-order valence-corrected chi connectivity index (χ3v) is 3.17. The Labute approximate surface area is 134 Å². The maximum Gasteiger partial charge on any atom is 0.272 e. The monoisotopic (exact) mass is 323 g/mol. The molecule has 0 heterocycles. The van der Waals surface area contributed by atoms with Crippen LogP contribution in [-0.2, 0) is 9.59 Å². The first-order valence-corrected chi connectivity index (χ1v) is 7.31. The number of likely N-dealkylation sites (N-methyl/N-ethyl adjacent to an activating group) is 2. The zero-order valence-corrected chi connectivity index (χ0v) is 13.5. The van der Waals surface area contributed by atoms with Gasteiger partial charge in [0.25, 0.3) is 11.6 Å². The number of carbonyl (C=O) groups excluding carboxylic acids is 2. The van der Waals surface area contributed by atoms with Crippen LogP contribution in [0.2, 0.25) is 0 Å². The van der Waals surface area contributed by atoms with E-state index in [1.807, 2.05) is 0 Å². The van der Waals surface area contributed by atoms with Crippen molar-refractivity contribution in [2.24, 2.45) is 0 Å². The van der Waals surface area contributed by atoms with Crippen molar-refractivity contribution in [3.8, 4) is 5.75 Å². The van der Waals surface area contributed by atoms with E-state index < -0.39 is 4.92 Å². The Hall–Kier alpha value is -2.64. The predicted molar refractivity (Wildman–Crippen MR) is 84.3 cm³/mol. The Kier molecular flexibility index (Phi) is 6.98. The number of ether oxygens (including phenoxy) is 1. The summed E-state index contributed by atoms with van der Waals surface area (Å²) in [6.45, 7) is 5.81. The molecule has 1 rings (SSSR count). The number of nitrogens with one attached hydrogen (secondary N) is 1. The number of hydrogen-bond acceptors (Lipinski definition) is 5. The van der Waals surface area contributed by atoms with Crippen LogP contribution in [0.15, 0.2) is 18.2 Å². The first-order chi connectivity index (χ1) is 10.9. The van der Waals surface area contributed by atoms with Gasteiger partial charge < -0.3 is 15.0 Å². The van der Waals surface area contributed by atoms with Crippen molar-refractivity contribution < 1.29 is 19.2 Å². The third-order valence-electron chi connectivity index (χ3n) is 3.17. The van der Waals surface area contributed by atoms with E-state index in [4.69, 9.17) is 4.74 Å². The van der Waals surface area contributed by atoms with E-state index in [0.29, 0.717) is 24.4 Å². The van der Waals surface area contributed by atoms with Gasteiger partial charge in [0.15, 0.2) is 6.61 Å². The molecule has 1 aromatic carbocycles. The summed E-state index contributed by atoms with van der Waals surface area (Å²) in [6, 6.07) is 4.28. The zero-order chi connectivity index (χ0) is 17.4. The van der Waals surface area contributed by atoms with Crippen molar-refractivity contribution in [2.75, 3.05) is 26.2 Å². The van der Waals surface area contributed by atoms with Gasteiger partial charge in [0, 0.05) is 24.7 Å². The molecule has 0 aliphatic rings. The first kappa shape index (κ1) is 18.4. The summed E-state index contributed by atoms with van der Waals surface area (Å²) >= 11 is 0. The summed E-state index contributed by atoms with van der Waals surface area (Å²) in [4.78, 5) is 35.2. The van der Waals surface area contributed by atoms with Gasteiger partial charge in [-0.1, -0.05) is 0 Å². The molecule has 0 radical (unpaired) electrons. The molecular formula is C15H21N3O5. The van der Waals surface area contributed by atoms with Gasteiger partial charge >= 0.3 is 0 Å². The lowest BCUT2D eigenvalue weighted by atomic mass is 10.2. The second-order valence-electron chi connectivity index (χ2n) is 4.86. The standard InChI is InChI=1S/C15H21N3O5/c1-4-16-14(19)9-17(5-2)15(20)10-23-12-6-7-13(18(21)22)11(3)8-12/h6-8H,4-5,9-10H2,1-3H3,(H,16,19). The summed E-state index contributed by atoms with van der Waals surface area (Å²) in [5.74, 6) is -0.181. The minimum atomic E-state index is -0.477. The number of amides is 2. The molecule has 0 atom stereocenters. The normalized spacial score (nSPS) is 10.0. The minimum Gasteiger partial charge on any atom is -0.484 e. The van der Waals surface area contributed by atoms with Crippen LogP contribution in [0.4, 0.5) is 5.69 Å². The smallest absolute Gasteiger partial charge is 0.272 e. The highest BCUT2D eigenvalue weighted by Crippen LogP contribution is 2.22. The molecule has 1 aromatic rings. The average Bonchev–Trinajstić information content (AvgIpc) is 2.50. The molecule has 0 aromatic heterocycles. The van der Waals surface area contributed by atoms with E-state index in [-0.39, 0.29) is 30.7 Å². The molecule has 0 unspecified atom stereocenters. The molecule has 8 nitrogen and oxygen atoms in total. The van der Waals surface area contributed by atoms with E-state index in [2.05, 4.69) is 5.32 Å². The number of nitrogens with zero attached hydrogens (tertiary/aromatic N) is 2. The van der Waals surface area contributed by atoms with Gasteiger partial charge in [-0.05, 0) is 32.9 Å². The van der Waals surface area contributed by atoms with Crippen LogP contribution >= 0.6 is 0 Å². The lowest BCUT2D eigenvalue weighted by Gasteiger charge is -2.20. The molecule has 2 amide bonds. The van der Waals surface area contributed by atoms with Gasteiger partial charge in [-0.2, -0.15) is 0 Å². The van der Waals surface area contributed by atoms with Crippen molar-refractivity contribution in [3.05, 3.63) is 33.9 Å². The van der Waals surface area contributed by atoms with Crippen molar-refractivity contribution in [1.82, 2.24) is 10.2 Å². The SMILES string of the molecule is CCNC(=O)CN(CC)C(=O)COc1ccc([N+](=O)[O-])c(C)c1. The molecule has 0 aliphatic carbocycles. The Morgan fingerprint density at radius 2 is 2.04 bits per heavy atom. The summed E-state index contributed by atoms with van der Waals surface area (Å²) in [5, 5.41) is 13.4. The van der Waals surface area contributed by atoms with Crippen LogP contribution in [0.5, 0.6) is 5.75 Å². The molecule has 23 heavy (non-hydrogen) atoms. The summed E-state index contributed by atoms with van der Waals surface area (Å²) in [7, 11) is 0. The van der Waals surface area contributed by atoms with Crippen molar-refractivity contribution in [3.63, 3.8) is 0 Å². The molecular weight excluding hydrogens is 302 g/mol. The number of nitro groups is 1. The average molecular weight is 323 g/mol. The van der Waals surface area contributed by atoms with E-state index in [1.165, 1.54) is 23.1 Å². The van der Waals surface area contributed by atoms with Crippen molar-refractivity contribution in [1.29, 1.82) is 0 Å². The Morgan fingerprint density at radius 1 is 1.35 bits per heavy atom. The van der Waals surface area contributed by atoms with E-state index in [1.54, 1.807) is 20.8 Å². The van der Waals surface area contributed by atoms with E-state index in [9.17, 15) is 19.7 Å².